The van der Waals surface area contributed by atoms with Gasteiger partial charge >= 0.3 is 0 Å². The van der Waals surface area contributed by atoms with Gasteiger partial charge in [-0.05, 0) is 13.0 Å². The van der Waals surface area contributed by atoms with Gasteiger partial charge in [-0.2, -0.15) is 0 Å². The predicted octanol–water partition coefficient (Wildman–Crippen LogP) is 1.24. The Morgan fingerprint density at radius 3 is 2.92 bits per heavy atom. The normalized spacial score (nSPS) is 10.6. The first-order chi connectivity index (χ1) is 6.20. The second kappa shape index (κ2) is 2.65. The maximum Gasteiger partial charge on any atom is 0.234 e. The summed E-state index contributed by atoms with van der Waals surface area (Å²) in [6.45, 7) is 3.37. The van der Waals surface area contributed by atoms with E-state index < -0.39 is 0 Å². The number of aromatic nitrogens is 3. The first-order valence-corrected chi connectivity index (χ1v) is 4.01. The molecule has 66 valence electrons. The summed E-state index contributed by atoms with van der Waals surface area (Å²) >= 11 is 0. The molecule has 0 radical (unpaired) electrons. The van der Waals surface area contributed by atoms with Crippen molar-refractivity contribution < 1.29 is 4.79 Å². The second-order valence-corrected chi connectivity index (χ2v) is 2.89. The molecule has 0 spiro atoms. The molecule has 0 bridgehead atoms. The fraction of sp³-hybridized carbons (Fsp3) is 0.222. The molecule has 0 saturated carbocycles. The van der Waals surface area contributed by atoms with E-state index in [-0.39, 0.29) is 5.78 Å². The highest BCUT2D eigenvalue weighted by molar-refractivity contribution is 5.93. The van der Waals surface area contributed by atoms with Gasteiger partial charge in [0.1, 0.15) is 5.69 Å². The van der Waals surface area contributed by atoms with Crippen molar-refractivity contribution in [3.63, 3.8) is 0 Å². The Morgan fingerprint density at radius 2 is 2.31 bits per heavy atom. The van der Waals surface area contributed by atoms with Gasteiger partial charge in [0, 0.05) is 19.3 Å². The molecular weight excluding hydrogens is 166 g/mol. The van der Waals surface area contributed by atoms with Gasteiger partial charge in [0.25, 0.3) is 0 Å². The van der Waals surface area contributed by atoms with Crippen LogP contribution < -0.4 is 0 Å². The average molecular weight is 175 g/mol. The summed E-state index contributed by atoms with van der Waals surface area (Å²) in [6, 6.07) is 1.81. The van der Waals surface area contributed by atoms with Crippen molar-refractivity contribution >= 4 is 11.6 Å². The molecule has 4 heteroatoms. The Kier molecular flexibility index (Phi) is 1.62. The van der Waals surface area contributed by atoms with E-state index in [1.807, 2.05) is 19.2 Å². The first kappa shape index (κ1) is 7.91. The lowest BCUT2D eigenvalue weighted by atomic mass is 10.3. The van der Waals surface area contributed by atoms with Crippen LogP contribution in [0.2, 0.25) is 0 Å². The third kappa shape index (κ3) is 1.11. The van der Waals surface area contributed by atoms with Crippen LogP contribution in [0.4, 0.5) is 0 Å². The van der Waals surface area contributed by atoms with Crippen LogP contribution in [0.25, 0.3) is 5.78 Å². The third-order valence-electron chi connectivity index (χ3n) is 1.98. The Bertz CT molecular complexity index is 473. The van der Waals surface area contributed by atoms with Crippen LogP contribution in [0.1, 0.15) is 23.1 Å². The minimum absolute atomic E-state index is 0.0250. The van der Waals surface area contributed by atoms with E-state index in [9.17, 15) is 4.79 Å². The molecule has 0 amide bonds. The fourth-order valence-corrected chi connectivity index (χ4v) is 1.34. The van der Waals surface area contributed by atoms with Crippen LogP contribution in [-0.4, -0.2) is 20.2 Å². The first-order valence-electron chi connectivity index (χ1n) is 4.01. The van der Waals surface area contributed by atoms with Crippen LogP contribution in [-0.2, 0) is 0 Å². The zero-order valence-corrected chi connectivity index (χ0v) is 7.48. The van der Waals surface area contributed by atoms with Crippen LogP contribution in [0.3, 0.4) is 0 Å². The van der Waals surface area contributed by atoms with Crippen molar-refractivity contribution in [3.8, 4) is 0 Å². The summed E-state index contributed by atoms with van der Waals surface area (Å²) in [5.74, 6) is 0.549. The molecule has 13 heavy (non-hydrogen) atoms. The topological polar surface area (TPSA) is 47.3 Å². The zero-order valence-electron chi connectivity index (χ0n) is 7.48. The fourth-order valence-electron chi connectivity index (χ4n) is 1.34. The van der Waals surface area contributed by atoms with Crippen molar-refractivity contribution in [3.05, 3.63) is 29.8 Å². The lowest BCUT2D eigenvalue weighted by Crippen LogP contribution is -1.95. The molecule has 0 aliphatic heterocycles. The molecule has 2 aromatic heterocycles. The molecular formula is C9H9N3O. The molecule has 0 aromatic carbocycles. The number of hydrogen-bond acceptors (Lipinski definition) is 3. The summed E-state index contributed by atoms with van der Waals surface area (Å²) in [6.07, 6.45) is 3.50. The van der Waals surface area contributed by atoms with E-state index in [4.69, 9.17) is 0 Å². The van der Waals surface area contributed by atoms with Crippen LogP contribution in [0.5, 0.6) is 0 Å². The molecule has 0 atom stereocenters. The lowest BCUT2D eigenvalue weighted by molar-refractivity contribution is 0.101. The Hall–Kier alpha value is -1.71. The van der Waals surface area contributed by atoms with Gasteiger partial charge in [0.2, 0.25) is 5.78 Å². The maximum atomic E-state index is 11.1. The molecule has 0 fully saturated rings. The minimum Gasteiger partial charge on any atom is -0.293 e. The summed E-state index contributed by atoms with van der Waals surface area (Å²) in [5, 5.41) is 0. The quantitative estimate of drug-likeness (QED) is 0.612. The molecule has 0 saturated heterocycles. The summed E-state index contributed by atoms with van der Waals surface area (Å²) in [5.41, 5.74) is 1.34. The zero-order chi connectivity index (χ0) is 9.42. The van der Waals surface area contributed by atoms with Gasteiger partial charge in [0.15, 0.2) is 5.78 Å². The summed E-state index contributed by atoms with van der Waals surface area (Å²) < 4.78 is 1.80. The number of hydrogen-bond donors (Lipinski definition) is 0. The smallest absolute Gasteiger partial charge is 0.234 e. The summed E-state index contributed by atoms with van der Waals surface area (Å²) in [4.78, 5) is 19.3. The van der Waals surface area contributed by atoms with Gasteiger partial charge < -0.3 is 0 Å². The molecule has 2 heterocycles. The Morgan fingerprint density at radius 1 is 1.54 bits per heavy atom. The van der Waals surface area contributed by atoms with E-state index in [0.29, 0.717) is 11.5 Å². The number of ketones is 1. The van der Waals surface area contributed by atoms with Crippen molar-refractivity contribution in [2.24, 2.45) is 0 Å². The Balaban J connectivity index is 2.81. The van der Waals surface area contributed by atoms with Gasteiger partial charge in [-0.25, -0.2) is 9.97 Å². The minimum atomic E-state index is -0.0250. The monoisotopic (exact) mass is 175 g/mol. The molecule has 0 aliphatic carbocycles. The largest absolute Gasteiger partial charge is 0.293 e. The Labute approximate surface area is 75.2 Å². The molecule has 2 rings (SSSR count). The number of Topliss-reactive ketones (excluding diaryl/α,β-unsaturated/α-hetero) is 1. The molecule has 0 N–H and O–H groups in total. The maximum absolute atomic E-state index is 11.1. The van der Waals surface area contributed by atoms with Crippen LogP contribution in [0.15, 0.2) is 18.5 Å². The number of rotatable bonds is 1. The van der Waals surface area contributed by atoms with Gasteiger partial charge in [-0.3, -0.25) is 9.20 Å². The SMILES string of the molecule is CC(=O)c1nc2ncccn2c1C. The highest BCUT2D eigenvalue weighted by Crippen LogP contribution is 2.09. The van der Waals surface area contributed by atoms with Crippen molar-refractivity contribution in [1.29, 1.82) is 0 Å². The van der Waals surface area contributed by atoms with E-state index in [0.717, 1.165) is 5.69 Å². The van der Waals surface area contributed by atoms with E-state index in [2.05, 4.69) is 9.97 Å². The number of carbonyl (C=O) groups is 1. The lowest BCUT2D eigenvalue weighted by Gasteiger charge is -1.92. The number of carbonyl (C=O) groups excluding carboxylic acids is 1. The van der Waals surface area contributed by atoms with Crippen LogP contribution in [0, 0.1) is 6.92 Å². The van der Waals surface area contributed by atoms with E-state index in [1.165, 1.54) is 6.92 Å². The highest BCUT2D eigenvalue weighted by atomic mass is 16.1. The standard InChI is InChI=1S/C9H9N3O/c1-6-8(7(2)13)11-9-10-4-3-5-12(6)9/h3-5H,1-2H3. The predicted molar refractivity (Wildman–Crippen MR) is 47.7 cm³/mol. The van der Waals surface area contributed by atoms with Gasteiger partial charge in [-0.1, -0.05) is 0 Å². The van der Waals surface area contributed by atoms with Crippen molar-refractivity contribution in [1.82, 2.24) is 14.4 Å². The van der Waals surface area contributed by atoms with Gasteiger partial charge in [-0.15, -0.1) is 0 Å². The highest BCUT2D eigenvalue weighted by Gasteiger charge is 2.11. The van der Waals surface area contributed by atoms with Crippen molar-refractivity contribution in [2.45, 2.75) is 13.8 Å². The summed E-state index contributed by atoms with van der Waals surface area (Å²) in [7, 11) is 0. The van der Waals surface area contributed by atoms with Gasteiger partial charge in [0.05, 0.1) is 5.69 Å². The van der Waals surface area contributed by atoms with Crippen LogP contribution >= 0.6 is 0 Å². The van der Waals surface area contributed by atoms with Crippen molar-refractivity contribution in [2.75, 3.05) is 0 Å². The molecule has 0 aliphatic rings. The second-order valence-electron chi connectivity index (χ2n) is 2.89. The number of fused-ring (bicyclic) bond motifs is 1. The third-order valence-corrected chi connectivity index (χ3v) is 1.98. The number of nitrogens with zero attached hydrogens (tertiary/aromatic N) is 3. The van der Waals surface area contributed by atoms with E-state index in [1.54, 1.807) is 10.6 Å². The average Bonchev–Trinajstić information content (AvgIpc) is 2.45. The number of imidazole rings is 1. The number of aryl methyl sites for hydroxylation is 1. The molecule has 0 unspecified atom stereocenters. The molecule has 4 nitrogen and oxygen atoms in total. The van der Waals surface area contributed by atoms with E-state index >= 15 is 0 Å². The molecule has 2 aromatic rings.